The van der Waals surface area contributed by atoms with Gasteiger partial charge < -0.3 is 5.32 Å². The number of nitrogens with one attached hydrogen (secondary N) is 1. The van der Waals surface area contributed by atoms with Crippen LogP contribution in [0.1, 0.15) is 43.4 Å². The van der Waals surface area contributed by atoms with E-state index in [0.29, 0.717) is 5.92 Å². The molecule has 0 saturated carbocycles. The molecule has 1 aromatic heterocycles. The molecule has 0 amide bonds. The SMILES string of the molecule is CCn1cc(CNCc2ccc(C(C)C)cc2)cn1. The topological polar surface area (TPSA) is 29.9 Å². The van der Waals surface area contributed by atoms with Gasteiger partial charge in [0.2, 0.25) is 0 Å². The quantitative estimate of drug-likeness (QED) is 0.860. The highest BCUT2D eigenvalue weighted by atomic mass is 15.3. The van der Waals surface area contributed by atoms with Crippen LogP contribution in [0.5, 0.6) is 0 Å². The van der Waals surface area contributed by atoms with E-state index in [4.69, 9.17) is 0 Å². The first-order valence-electron chi connectivity index (χ1n) is 7.00. The molecule has 1 aromatic carbocycles. The Morgan fingerprint density at radius 2 is 1.79 bits per heavy atom. The van der Waals surface area contributed by atoms with E-state index >= 15 is 0 Å². The molecule has 102 valence electrons. The Kier molecular flexibility index (Phi) is 4.74. The van der Waals surface area contributed by atoms with E-state index in [9.17, 15) is 0 Å². The van der Waals surface area contributed by atoms with Gasteiger partial charge >= 0.3 is 0 Å². The monoisotopic (exact) mass is 257 g/mol. The Bertz CT molecular complexity index is 497. The van der Waals surface area contributed by atoms with Gasteiger partial charge in [-0.3, -0.25) is 4.68 Å². The van der Waals surface area contributed by atoms with Crippen LogP contribution in [0, 0.1) is 0 Å². The van der Waals surface area contributed by atoms with Crippen molar-refractivity contribution < 1.29 is 0 Å². The van der Waals surface area contributed by atoms with Gasteiger partial charge in [-0.15, -0.1) is 0 Å². The van der Waals surface area contributed by atoms with Crippen LogP contribution in [0.15, 0.2) is 36.7 Å². The van der Waals surface area contributed by atoms with Crippen molar-refractivity contribution >= 4 is 0 Å². The first kappa shape index (κ1) is 13.8. The molecule has 3 heteroatoms. The lowest BCUT2D eigenvalue weighted by molar-refractivity contribution is 0.655. The van der Waals surface area contributed by atoms with Gasteiger partial charge in [-0.2, -0.15) is 5.10 Å². The fourth-order valence-corrected chi connectivity index (χ4v) is 2.04. The fourth-order valence-electron chi connectivity index (χ4n) is 2.04. The molecule has 0 unspecified atom stereocenters. The van der Waals surface area contributed by atoms with E-state index in [-0.39, 0.29) is 0 Å². The zero-order valence-corrected chi connectivity index (χ0v) is 12.1. The van der Waals surface area contributed by atoms with Gasteiger partial charge in [-0.25, -0.2) is 0 Å². The predicted molar refractivity (Wildman–Crippen MR) is 79.0 cm³/mol. The molecule has 2 aromatic rings. The van der Waals surface area contributed by atoms with E-state index < -0.39 is 0 Å². The summed E-state index contributed by atoms with van der Waals surface area (Å²) in [5.41, 5.74) is 3.96. The number of aromatic nitrogens is 2. The van der Waals surface area contributed by atoms with Crippen LogP contribution in [0.25, 0.3) is 0 Å². The maximum absolute atomic E-state index is 4.27. The van der Waals surface area contributed by atoms with Gasteiger partial charge in [0.15, 0.2) is 0 Å². The molecule has 3 nitrogen and oxygen atoms in total. The normalized spacial score (nSPS) is 11.2. The number of benzene rings is 1. The molecule has 0 radical (unpaired) electrons. The molecular formula is C16H23N3. The zero-order chi connectivity index (χ0) is 13.7. The van der Waals surface area contributed by atoms with Gasteiger partial charge in [-0.1, -0.05) is 38.1 Å². The van der Waals surface area contributed by atoms with E-state index in [1.54, 1.807) is 0 Å². The Labute approximate surface area is 115 Å². The Morgan fingerprint density at radius 3 is 2.37 bits per heavy atom. The van der Waals surface area contributed by atoms with E-state index in [0.717, 1.165) is 19.6 Å². The highest BCUT2D eigenvalue weighted by Gasteiger charge is 2.00. The van der Waals surface area contributed by atoms with Gasteiger partial charge in [0.05, 0.1) is 6.20 Å². The molecule has 0 aliphatic heterocycles. The second-order valence-electron chi connectivity index (χ2n) is 5.20. The number of hydrogen-bond acceptors (Lipinski definition) is 2. The highest BCUT2D eigenvalue weighted by molar-refractivity contribution is 5.24. The molecule has 0 atom stereocenters. The summed E-state index contributed by atoms with van der Waals surface area (Å²) in [6, 6.07) is 8.85. The number of hydrogen-bond donors (Lipinski definition) is 1. The average molecular weight is 257 g/mol. The van der Waals surface area contributed by atoms with Crippen LogP contribution in [0.3, 0.4) is 0 Å². The Balaban J connectivity index is 1.82. The summed E-state index contributed by atoms with van der Waals surface area (Å²) in [7, 11) is 0. The molecule has 0 fully saturated rings. The van der Waals surface area contributed by atoms with Crippen molar-refractivity contribution in [3.8, 4) is 0 Å². The average Bonchev–Trinajstić information content (AvgIpc) is 2.87. The molecule has 0 aliphatic rings. The van der Waals surface area contributed by atoms with Crippen LogP contribution in [-0.2, 0) is 19.6 Å². The van der Waals surface area contributed by atoms with Crippen molar-refractivity contribution in [3.05, 3.63) is 53.3 Å². The lowest BCUT2D eigenvalue weighted by Crippen LogP contribution is -2.12. The summed E-state index contributed by atoms with van der Waals surface area (Å²) in [5.74, 6) is 0.599. The first-order chi connectivity index (χ1) is 9.19. The van der Waals surface area contributed by atoms with E-state index in [1.165, 1.54) is 16.7 Å². The largest absolute Gasteiger partial charge is 0.309 e. The van der Waals surface area contributed by atoms with E-state index in [1.807, 2.05) is 10.9 Å². The maximum Gasteiger partial charge on any atom is 0.0534 e. The third-order valence-corrected chi connectivity index (χ3v) is 3.32. The van der Waals surface area contributed by atoms with Crippen molar-refractivity contribution in [2.75, 3.05) is 0 Å². The molecule has 1 N–H and O–H groups in total. The smallest absolute Gasteiger partial charge is 0.0534 e. The molecule has 1 heterocycles. The Hall–Kier alpha value is -1.61. The minimum atomic E-state index is 0.599. The van der Waals surface area contributed by atoms with Crippen molar-refractivity contribution in [1.29, 1.82) is 0 Å². The second kappa shape index (κ2) is 6.53. The van der Waals surface area contributed by atoms with Crippen LogP contribution >= 0.6 is 0 Å². The van der Waals surface area contributed by atoms with Crippen molar-refractivity contribution in [2.45, 2.75) is 46.3 Å². The summed E-state index contributed by atoms with van der Waals surface area (Å²) >= 11 is 0. The molecule has 2 rings (SSSR count). The maximum atomic E-state index is 4.27. The predicted octanol–water partition coefficient (Wildman–Crippen LogP) is 3.32. The molecule has 0 aliphatic carbocycles. The minimum absolute atomic E-state index is 0.599. The molecule has 0 bridgehead atoms. The summed E-state index contributed by atoms with van der Waals surface area (Å²) < 4.78 is 1.95. The van der Waals surface area contributed by atoms with Crippen molar-refractivity contribution in [1.82, 2.24) is 15.1 Å². The van der Waals surface area contributed by atoms with Gasteiger partial charge in [0.25, 0.3) is 0 Å². The van der Waals surface area contributed by atoms with Crippen LogP contribution in [0.4, 0.5) is 0 Å². The lowest BCUT2D eigenvalue weighted by Gasteiger charge is -2.07. The highest BCUT2D eigenvalue weighted by Crippen LogP contribution is 2.14. The zero-order valence-electron chi connectivity index (χ0n) is 12.1. The number of nitrogens with zero attached hydrogens (tertiary/aromatic N) is 2. The van der Waals surface area contributed by atoms with Crippen LogP contribution in [-0.4, -0.2) is 9.78 Å². The molecule has 19 heavy (non-hydrogen) atoms. The van der Waals surface area contributed by atoms with Gasteiger partial charge in [0.1, 0.15) is 0 Å². The van der Waals surface area contributed by atoms with Gasteiger partial charge in [0, 0.05) is 31.4 Å². The third kappa shape index (κ3) is 3.93. The standard InChI is InChI=1S/C16H23N3/c1-4-19-12-15(11-18-19)10-17-9-14-5-7-16(8-6-14)13(2)3/h5-8,11-13,17H,4,9-10H2,1-3H3. The van der Waals surface area contributed by atoms with Crippen molar-refractivity contribution in [3.63, 3.8) is 0 Å². The first-order valence-corrected chi connectivity index (χ1v) is 7.00. The summed E-state index contributed by atoms with van der Waals surface area (Å²) in [6.45, 7) is 9.23. The third-order valence-electron chi connectivity index (χ3n) is 3.32. The number of rotatable bonds is 6. The molecule has 0 saturated heterocycles. The summed E-state index contributed by atoms with van der Waals surface area (Å²) in [5, 5.41) is 7.72. The van der Waals surface area contributed by atoms with Crippen LogP contribution in [0.2, 0.25) is 0 Å². The fraction of sp³-hybridized carbons (Fsp3) is 0.438. The van der Waals surface area contributed by atoms with Crippen molar-refractivity contribution in [2.24, 2.45) is 0 Å². The second-order valence-corrected chi connectivity index (χ2v) is 5.20. The minimum Gasteiger partial charge on any atom is -0.309 e. The number of aryl methyl sites for hydroxylation is 1. The van der Waals surface area contributed by atoms with Crippen LogP contribution < -0.4 is 5.32 Å². The van der Waals surface area contributed by atoms with Gasteiger partial charge in [-0.05, 0) is 24.0 Å². The molecular weight excluding hydrogens is 234 g/mol. The Morgan fingerprint density at radius 1 is 1.11 bits per heavy atom. The lowest BCUT2D eigenvalue weighted by atomic mass is 10.0. The summed E-state index contributed by atoms with van der Waals surface area (Å²) in [6.07, 6.45) is 4.02. The van der Waals surface area contributed by atoms with E-state index in [2.05, 4.69) is 61.6 Å². The molecule has 0 spiro atoms. The summed E-state index contributed by atoms with van der Waals surface area (Å²) in [4.78, 5) is 0.